The van der Waals surface area contributed by atoms with Crippen LogP contribution in [0.5, 0.6) is 0 Å². The van der Waals surface area contributed by atoms with Gasteiger partial charge in [-0.1, -0.05) is 247 Å². The third-order valence-corrected chi connectivity index (χ3v) is 27.9. The lowest BCUT2D eigenvalue weighted by Crippen LogP contribution is -2.10. The normalized spacial score (nSPS) is 12.4. The van der Waals surface area contributed by atoms with Crippen LogP contribution in [0.2, 0.25) is 0 Å². The van der Waals surface area contributed by atoms with Gasteiger partial charge in [0.25, 0.3) is 0 Å². The van der Waals surface area contributed by atoms with E-state index in [0.717, 1.165) is 132 Å². The molecular weight excluding hydrogens is 1530 g/mol. The van der Waals surface area contributed by atoms with Crippen LogP contribution >= 0.6 is 0 Å². The second kappa shape index (κ2) is 28.1. The van der Waals surface area contributed by atoms with Gasteiger partial charge in [0, 0.05) is 86.2 Å². The van der Waals surface area contributed by atoms with E-state index in [-0.39, 0.29) is 10.8 Å². The summed E-state index contributed by atoms with van der Waals surface area (Å²) in [6.07, 6.45) is 0. The summed E-state index contributed by atoms with van der Waals surface area (Å²) in [4.78, 5) is 0. The SMILES string of the molecule is Cc1cccc(-c2ccc3c(c2)oc2c3cc3c(-c4c(C)cccc4C)cc4c5oc6cc(-c7cccc(C)c7)ccc6c5cc5c(-c6c(C)cccc6C)cc2c3c54)c1.Cc1cccc(C)c1-c1cc2c3oc4cc(-c5ccc(C(C)(C)C)cc5)ccc4c3cc3c(-c4c(C)cccc4C)cc4c5oc6cc(-c7ccc(C(C)(C)C)cc7)ccc6c5cc1c4c32. The van der Waals surface area contributed by atoms with Crippen LogP contribution in [0.4, 0.5) is 0 Å². The number of fused-ring (bicyclic) bond motifs is 16. The van der Waals surface area contributed by atoms with E-state index in [1.165, 1.54) is 177 Å². The van der Waals surface area contributed by atoms with Crippen molar-refractivity contribution in [3.05, 3.63) is 358 Å². The molecule has 0 amide bonds. The molecule has 0 saturated heterocycles. The average Bonchev–Trinajstić information content (AvgIpc) is 1.37. The monoisotopic (exact) mass is 1620 g/mol. The van der Waals surface area contributed by atoms with Crippen LogP contribution < -0.4 is 0 Å². The van der Waals surface area contributed by atoms with Gasteiger partial charge in [-0.2, -0.15) is 0 Å². The minimum Gasteiger partial charge on any atom is -0.455 e. The van der Waals surface area contributed by atoms with E-state index < -0.39 is 0 Å². The molecule has 20 aromatic carbocycles. The van der Waals surface area contributed by atoms with Crippen molar-refractivity contribution in [3.63, 3.8) is 0 Å². The highest BCUT2D eigenvalue weighted by molar-refractivity contribution is 6.41. The first kappa shape index (κ1) is 76.6. The topological polar surface area (TPSA) is 52.6 Å². The Morgan fingerprint density at radius 3 is 0.619 bits per heavy atom. The van der Waals surface area contributed by atoms with Crippen molar-refractivity contribution in [1.82, 2.24) is 0 Å². The van der Waals surface area contributed by atoms with Gasteiger partial charge in [0.2, 0.25) is 0 Å². The molecule has 24 aromatic rings. The molecule has 4 heteroatoms. The van der Waals surface area contributed by atoms with Gasteiger partial charge in [0.1, 0.15) is 44.7 Å². The van der Waals surface area contributed by atoms with Crippen molar-refractivity contribution >= 4 is 152 Å². The maximum atomic E-state index is 7.19. The zero-order chi connectivity index (χ0) is 86.1. The van der Waals surface area contributed by atoms with Gasteiger partial charge in [-0.05, 0) is 343 Å². The van der Waals surface area contributed by atoms with Gasteiger partial charge in [-0.3, -0.25) is 0 Å². The highest BCUT2D eigenvalue weighted by Crippen LogP contribution is 2.56. The molecule has 0 bridgehead atoms. The molecule has 0 aliphatic rings. The first-order valence-electron chi connectivity index (χ1n) is 44.5. The summed E-state index contributed by atoms with van der Waals surface area (Å²) in [7, 11) is 0. The smallest absolute Gasteiger partial charge is 0.143 e. The molecule has 0 radical (unpaired) electrons. The third kappa shape index (κ3) is 11.9. The fourth-order valence-corrected chi connectivity index (χ4v) is 21.6. The maximum Gasteiger partial charge on any atom is 0.143 e. The molecule has 0 atom stereocenters. The van der Waals surface area contributed by atoms with Crippen LogP contribution in [0, 0.1) is 69.2 Å². The van der Waals surface area contributed by atoms with Crippen LogP contribution in [0.15, 0.2) is 309 Å². The molecule has 0 aliphatic carbocycles. The summed E-state index contributed by atoms with van der Waals surface area (Å²) in [6.45, 7) is 35.8. The fourth-order valence-electron chi connectivity index (χ4n) is 21.6. The molecule has 0 N–H and O–H groups in total. The maximum absolute atomic E-state index is 7.19. The van der Waals surface area contributed by atoms with Crippen LogP contribution in [0.3, 0.4) is 0 Å². The zero-order valence-electron chi connectivity index (χ0n) is 74.3. The van der Waals surface area contributed by atoms with E-state index in [1.807, 2.05) is 0 Å². The van der Waals surface area contributed by atoms with Crippen molar-refractivity contribution in [2.75, 3.05) is 0 Å². The van der Waals surface area contributed by atoms with E-state index >= 15 is 0 Å². The van der Waals surface area contributed by atoms with Crippen LogP contribution in [0.25, 0.3) is 241 Å². The number of rotatable bonds is 8. The largest absolute Gasteiger partial charge is 0.455 e. The Labute approximate surface area is 733 Å². The number of aryl methyl sites for hydroxylation is 10. The van der Waals surface area contributed by atoms with Gasteiger partial charge in [0.05, 0.1) is 0 Å². The van der Waals surface area contributed by atoms with Gasteiger partial charge in [-0.15, -0.1) is 0 Å². The Hall–Kier alpha value is -14.3. The Bertz CT molecular complexity index is 8150. The molecule has 0 unspecified atom stereocenters. The minimum atomic E-state index is 0.0899. The van der Waals surface area contributed by atoms with E-state index in [1.54, 1.807) is 0 Å². The quantitative estimate of drug-likeness (QED) is 0.142. The summed E-state index contributed by atoms with van der Waals surface area (Å²) in [5, 5.41) is 23.2. The zero-order valence-corrected chi connectivity index (χ0v) is 74.3. The third-order valence-electron chi connectivity index (χ3n) is 27.9. The molecule has 0 spiro atoms. The average molecular weight is 1630 g/mol. The van der Waals surface area contributed by atoms with Crippen LogP contribution in [-0.2, 0) is 10.8 Å². The van der Waals surface area contributed by atoms with Crippen molar-refractivity contribution in [2.24, 2.45) is 0 Å². The minimum absolute atomic E-state index is 0.0899. The summed E-state index contributed by atoms with van der Waals surface area (Å²) in [5.41, 5.74) is 41.8. The van der Waals surface area contributed by atoms with Crippen molar-refractivity contribution in [2.45, 2.75) is 122 Å². The lowest BCUT2D eigenvalue weighted by atomic mass is 9.81. The lowest BCUT2D eigenvalue weighted by molar-refractivity contribution is 0.590. The number of hydrogen-bond acceptors (Lipinski definition) is 4. The van der Waals surface area contributed by atoms with Crippen molar-refractivity contribution < 1.29 is 17.7 Å². The first-order chi connectivity index (χ1) is 60.8. The second-order valence-electron chi connectivity index (χ2n) is 38.3. The molecule has 4 heterocycles. The van der Waals surface area contributed by atoms with Gasteiger partial charge in [0.15, 0.2) is 0 Å². The summed E-state index contributed by atoms with van der Waals surface area (Å²) in [6, 6.07) is 108. The second-order valence-corrected chi connectivity index (χ2v) is 38.3. The summed E-state index contributed by atoms with van der Waals surface area (Å²) >= 11 is 0. The molecular formula is C122H96O4. The standard InChI is InChI=1S/C64H54O2.C58H42O2/c1-35-13-11-14-36(2)57(35)47-33-53-60-50(32-52-46-28-22-42(30-56(46)65-61(52)53)40-19-25-44(26-20-40)64(8,9)10)48(58-37(3)15-12-16-38(58)4)34-54-59(60)49(47)31-51-45-27-21-41(29-55(45)66-62(51)54)39-17-23-43(24-18-39)63(5,6)7;1-31-11-7-17-37(23-31)39-19-21-41-47-27-45-44(54-35(5)15-10-16-36(54)6)30-50-56-46(28-48-42-22-20-40(26-52(42)60-58(48)50)38-18-8-12-32(2)24-38)43(53-33(3)13-9-14-34(53)4)29-49(55(45)56)57(47)59-51(41)25-39/h11-34H,1-10H3;7-30H,1-6H3. The number of benzene rings is 20. The Morgan fingerprint density at radius 1 is 0.175 bits per heavy atom. The van der Waals surface area contributed by atoms with Crippen LogP contribution in [0.1, 0.15) is 108 Å². The summed E-state index contributed by atoms with van der Waals surface area (Å²) in [5.74, 6) is 0. The van der Waals surface area contributed by atoms with E-state index in [9.17, 15) is 0 Å². The highest BCUT2D eigenvalue weighted by Gasteiger charge is 2.31. The van der Waals surface area contributed by atoms with E-state index in [2.05, 4.69) is 402 Å². The van der Waals surface area contributed by atoms with Crippen LogP contribution in [-0.4, -0.2) is 0 Å². The first-order valence-corrected chi connectivity index (χ1v) is 44.5. The van der Waals surface area contributed by atoms with Crippen molar-refractivity contribution in [3.8, 4) is 89.0 Å². The number of hydrogen-bond donors (Lipinski definition) is 0. The fraction of sp³-hybridized carbons (Fsp3) is 0.148. The molecule has 608 valence electrons. The predicted octanol–water partition coefficient (Wildman–Crippen LogP) is 35.8. The molecule has 0 aliphatic heterocycles. The molecule has 0 saturated carbocycles. The Balaban J connectivity index is 0.000000145. The predicted molar refractivity (Wildman–Crippen MR) is 538 cm³/mol. The highest BCUT2D eigenvalue weighted by atomic mass is 16.3. The van der Waals surface area contributed by atoms with E-state index in [0.29, 0.717) is 0 Å². The van der Waals surface area contributed by atoms with Crippen molar-refractivity contribution in [1.29, 1.82) is 0 Å². The van der Waals surface area contributed by atoms with Gasteiger partial charge < -0.3 is 17.7 Å². The lowest BCUT2D eigenvalue weighted by Gasteiger charge is -2.21. The molecule has 4 nitrogen and oxygen atoms in total. The molecule has 126 heavy (non-hydrogen) atoms. The molecule has 4 aromatic heterocycles. The summed E-state index contributed by atoms with van der Waals surface area (Å²) < 4.78 is 28.6. The Kier molecular flexibility index (Phi) is 17.1. The van der Waals surface area contributed by atoms with Gasteiger partial charge >= 0.3 is 0 Å². The Morgan fingerprint density at radius 2 is 0.389 bits per heavy atom. The number of furan rings is 4. The van der Waals surface area contributed by atoms with E-state index in [4.69, 9.17) is 17.7 Å². The molecule has 24 rings (SSSR count). The molecule has 0 fully saturated rings. The van der Waals surface area contributed by atoms with Gasteiger partial charge in [-0.25, -0.2) is 0 Å².